The van der Waals surface area contributed by atoms with E-state index in [2.05, 4.69) is 50.2 Å². The van der Waals surface area contributed by atoms with Crippen LogP contribution in [-0.4, -0.2) is 0 Å². The third kappa shape index (κ3) is 10.6. The van der Waals surface area contributed by atoms with Gasteiger partial charge in [0.2, 0.25) is 0 Å². The van der Waals surface area contributed by atoms with Crippen LogP contribution in [0, 0.1) is 13.8 Å². The van der Waals surface area contributed by atoms with Crippen LogP contribution < -0.4 is 24.8 Å². The summed E-state index contributed by atoms with van der Waals surface area (Å²) in [6.45, 7) is 6.75. The van der Waals surface area contributed by atoms with Crippen LogP contribution in [0.25, 0.3) is 43.8 Å². The van der Waals surface area contributed by atoms with Crippen LogP contribution in [0.15, 0.2) is 109 Å². The molecule has 0 radical (unpaired) electrons. The van der Waals surface area contributed by atoms with Gasteiger partial charge in [0.15, 0.2) is 0 Å². The van der Waals surface area contributed by atoms with Gasteiger partial charge in [0.1, 0.15) is 0 Å². The number of benzene rings is 4. The molecule has 0 amide bonds. The number of halogens is 8. The average molecular weight is 816 g/mol. The minimum Gasteiger partial charge on any atom is -1.00 e. The van der Waals surface area contributed by atoms with Gasteiger partial charge in [-0.1, -0.05) is 73.2 Å². The van der Waals surface area contributed by atoms with Gasteiger partial charge >= 0.3 is 34.1 Å². The van der Waals surface area contributed by atoms with E-state index < -0.39 is 23.5 Å². The predicted molar refractivity (Wildman–Crippen MR) is 198 cm³/mol. The molecule has 0 saturated heterocycles. The van der Waals surface area contributed by atoms with E-state index in [0.717, 1.165) is 63.7 Å². The smallest absolute Gasteiger partial charge is 1.00 e. The second-order valence-corrected chi connectivity index (χ2v) is 13.7. The van der Waals surface area contributed by atoms with Crippen LogP contribution in [-0.2, 0) is 34.1 Å². The third-order valence-electron chi connectivity index (χ3n) is 10.2. The molecule has 0 spiro atoms. The van der Waals surface area contributed by atoms with Crippen LogP contribution in [0.2, 0.25) is 0 Å². The quantitative estimate of drug-likeness (QED) is 0.0949. The molecule has 0 aliphatic heterocycles. The fourth-order valence-corrected chi connectivity index (χ4v) is 7.69. The van der Waals surface area contributed by atoms with Gasteiger partial charge in [0.05, 0.1) is 11.1 Å². The molecule has 0 unspecified atom stereocenters. The van der Waals surface area contributed by atoms with Crippen LogP contribution in [0.3, 0.4) is 0 Å². The fourth-order valence-electron chi connectivity index (χ4n) is 7.69. The zero-order valence-corrected chi connectivity index (χ0v) is 32.9. The Hall–Kier alpha value is -3.03. The van der Waals surface area contributed by atoms with E-state index in [1.807, 2.05) is 24.3 Å². The van der Waals surface area contributed by atoms with Crippen LogP contribution >= 0.6 is 0 Å². The first-order chi connectivity index (χ1) is 24.5. The summed E-state index contributed by atoms with van der Waals surface area (Å²) in [4.78, 5) is 0. The Bertz CT molecular complexity index is 1880. The van der Waals surface area contributed by atoms with Crippen LogP contribution in [0.4, 0.5) is 26.3 Å². The van der Waals surface area contributed by atoms with E-state index in [9.17, 15) is 26.3 Å². The minimum atomic E-state index is -4.29. The zero-order valence-electron chi connectivity index (χ0n) is 29.8. The molecule has 2 fully saturated rings. The van der Waals surface area contributed by atoms with E-state index in [1.54, 1.807) is 24.3 Å². The maximum atomic E-state index is 12.8. The summed E-state index contributed by atoms with van der Waals surface area (Å²) in [5, 5.41) is 4.63. The van der Waals surface area contributed by atoms with Crippen LogP contribution in [0.1, 0.15) is 91.9 Å². The predicted octanol–water partition coefficient (Wildman–Crippen LogP) is 8.85. The summed E-state index contributed by atoms with van der Waals surface area (Å²) < 4.78 is 76.5. The first-order valence-electron chi connectivity index (χ1n) is 17.8. The first kappa shape index (κ1) is 45.4. The van der Waals surface area contributed by atoms with Gasteiger partial charge in [-0.05, 0) is 72.9 Å². The SMILES string of the molecule is FC(F)(F)c1ccc(-c2cccc3[cH-]c(C4CCCC4)cc23)cc1.FC(F)(F)c1ccc(-c2cccc3[cH-]c(C4CCCC4)cc23)cc1.[CH2-]C[CH2-].[Cl-].[Cl-].[Ti+2]. The van der Waals surface area contributed by atoms with Crippen molar-refractivity contribution in [3.8, 4) is 22.3 Å². The molecule has 0 nitrogen and oxygen atoms in total. The van der Waals surface area contributed by atoms with Gasteiger partial charge in [0, 0.05) is 0 Å². The summed E-state index contributed by atoms with van der Waals surface area (Å²) >= 11 is 0. The maximum absolute atomic E-state index is 12.8. The molecule has 8 rings (SSSR count). The summed E-state index contributed by atoms with van der Waals surface area (Å²) in [6, 6.07) is 32.0. The number of fused-ring (bicyclic) bond motifs is 2. The van der Waals surface area contributed by atoms with Crippen molar-refractivity contribution in [2.24, 2.45) is 0 Å². The summed E-state index contributed by atoms with van der Waals surface area (Å²) in [5.41, 5.74) is 5.22. The second-order valence-electron chi connectivity index (χ2n) is 13.7. The molecule has 0 atom stereocenters. The molecule has 0 bridgehead atoms. The Balaban J connectivity index is 0.000000257. The number of hydrogen-bond donors (Lipinski definition) is 0. The Labute approximate surface area is 342 Å². The molecule has 6 aromatic rings. The van der Waals surface area contributed by atoms with Gasteiger partial charge in [-0.2, -0.15) is 38.5 Å². The van der Waals surface area contributed by atoms with Crippen molar-refractivity contribution >= 4 is 21.5 Å². The van der Waals surface area contributed by atoms with Gasteiger partial charge in [-0.3, -0.25) is 0 Å². The molecule has 2 aliphatic rings. The molecule has 6 aromatic carbocycles. The molecular formula is C45H42Cl2F6Ti-4. The normalized spacial score (nSPS) is 14.7. The third-order valence-corrected chi connectivity index (χ3v) is 10.2. The standard InChI is InChI=1S/2C21H18F3.C3H6.2ClH.Ti/c2*22-21(23,24)18-10-8-15(9-11-18)19-7-3-6-16-12-17(13-20(16)19)14-4-1-2-5-14;1-3-2;;;/h2*3,6-14H,1-2,4-5H2;1-3H2;2*1H;/q2*-1;-2;;;+2/p-2. The molecule has 54 heavy (non-hydrogen) atoms. The van der Waals surface area contributed by atoms with Crippen molar-refractivity contribution in [3.05, 3.63) is 145 Å². The fraction of sp³-hybridized carbons (Fsp3) is 0.289. The van der Waals surface area contributed by atoms with Gasteiger partial charge in [0.25, 0.3) is 0 Å². The molecular weight excluding hydrogens is 773 g/mol. The molecule has 2 saturated carbocycles. The number of hydrogen-bond acceptors (Lipinski definition) is 0. The van der Waals surface area contributed by atoms with Crippen molar-refractivity contribution in [2.45, 2.75) is 82.0 Å². The monoisotopic (exact) mass is 814 g/mol. The summed E-state index contributed by atoms with van der Waals surface area (Å²) in [7, 11) is 0. The van der Waals surface area contributed by atoms with E-state index in [1.165, 1.54) is 73.3 Å². The van der Waals surface area contributed by atoms with Crippen LogP contribution in [0.5, 0.6) is 0 Å². The number of rotatable bonds is 4. The van der Waals surface area contributed by atoms with Crippen molar-refractivity contribution < 1.29 is 72.9 Å². The zero-order chi connectivity index (χ0) is 36.2. The largest absolute Gasteiger partial charge is 2.00 e. The van der Waals surface area contributed by atoms with Gasteiger partial charge in [-0.25, -0.2) is 0 Å². The maximum Gasteiger partial charge on any atom is 2.00 e. The van der Waals surface area contributed by atoms with Crippen molar-refractivity contribution in [1.82, 2.24) is 0 Å². The molecule has 9 heteroatoms. The minimum absolute atomic E-state index is 0. The Morgan fingerprint density at radius 1 is 0.519 bits per heavy atom. The van der Waals surface area contributed by atoms with Crippen molar-refractivity contribution in [2.75, 3.05) is 0 Å². The topological polar surface area (TPSA) is 0 Å². The first-order valence-corrected chi connectivity index (χ1v) is 17.8. The molecule has 0 aromatic heterocycles. The molecule has 0 heterocycles. The van der Waals surface area contributed by atoms with E-state index in [0.29, 0.717) is 11.8 Å². The summed E-state index contributed by atoms with van der Waals surface area (Å²) in [5.74, 6) is 1.27. The summed E-state index contributed by atoms with van der Waals surface area (Å²) in [6.07, 6.45) is 2.29. The van der Waals surface area contributed by atoms with Crippen molar-refractivity contribution in [1.29, 1.82) is 0 Å². The van der Waals surface area contributed by atoms with Gasteiger partial charge in [-0.15, -0.1) is 69.1 Å². The molecule has 2 aliphatic carbocycles. The van der Waals surface area contributed by atoms with E-state index >= 15 is 0 Å². The Morgan fingerprint density at radius 3 is 1.13 bits per heavy atom. The Morgan fingerprint density at radius 2 is 0.833 bits per heavy atom. The van der Waals surface area contributed by atoms with Gasteiger partial charge < -0.3 is 45.1 Å². The second kappa shape index (κ2) is 19.7. The number of alkyl halides is 6. The van der Waals surface area contributed by atoms with E-state index in [-0.39, 0.29) is 46.5 Å². The Kier molecular flexibility index (Phi) is 16.6. The van der Waals surface area contributed by atoms with E-state index in [4.69, 9.17) is 0 Å². The molecule has 0 N–H and O–H groups in total. The molecule has 286 valence electrons. The average Bonchev–Trinajstić information content (AvgIpc) is 3.94. The van der Waals surface area contributed by atoms with Crippen molar-refractivity contribution in [3.63, 3.8) is 0 Å².